The van der Waals surface area contributed by atoms with Crippen molar-refractivity contribution in [1.82, 2.24) is 15.0 Å². The van der Waals surface area contributed by atoms with Gasteiger partial charge < -0.3 is 9.84 Å². The summed E-state index contributed by atoms with van der Waals surface area (Å²) in [7, 11) is 0. The van der Waals surface area contributed by atoms with Gasteiger partial charge in [0.05, 0.1) is 11.9 Å². The number of unbranched alkanes of at least 4 members (excludes halogenated alkanes) is 11. The molecule has 37 heavy (non-hydrogen) atoms. The van der Waals surface area contributed by atoms with Crippen molar-refractivity contribution in [3.63, 3.8) is 0 Å². The first-order chi connectivity index (χ1) is 18.1. The van der Waals surface area contributed by atoms with Crippen LogP contribution in [0.2, 0.25) is 0 Å². The molecule has 0 spiro atoms. The first-order valence-corrected chi connectivity index (χ1v) is 14.6. The Balaban J connectivity index is 1.29. The van der Waals surface area contributed by atoms with Crippen LogP contribution >= 0.6 is 15.9 Å². The molecule has 0 saturated heterocycles. The van der Waals surface area contributed by atoms with E-state index in [1.54, 1.807) is 18.3 Å². The fraction of sp³-hybridized carbons (Fsp3) is 0.500. The molecule has 0 atom stereocenters. The van der Waals surface area contributed by atoms with Crippen molar-refractivity contribution in [3.05, 3.63) is 64.4 Å². The van der Waals surface area contributed by atoms with Gasteiger partial charge >= 0.3 is 0 Å². The molecule has 1 N–H and O–H groups in total. The van der Waals surface area contributed by atoms with Crippen molar-refractivity contribution >= 4 is 27.8 Å². The Labute approximate surface area is 230 Å². The second kappa shape index (κ2) is 17.0. The van der Waals surface area contributed by atoms with Crippen LogP contribution in [0.1, 0.15) is 95.2 Å². The molecule has 1 heterocycles. The first kappa shape index (κ1) is 28.9. The molecule has 2 aromatic carbocycles. The highest BCUT2D eigenvalue weighted by molar-refractivity contribution is 9.10. The molecule has 3 aromatic rings. The lowest BCUT2D eigenvalue weighted by atomic mass is 10.1. The predicted octanol–water partition coefficient (Wildman–Crippen LogP) is 8.78. The van der Waals surface area contributed by atoms with Gasteiger partial charge in [0.15, 0.2) is 0 Å². The minimum absolute atomic E-state index is 0.119. The highest BCUT2D eigenvalue weighted by Gasteiger charge is 2.05. The summed E-state index contributed by atoms with van der Waals surface area (Å²) in [5.41, 5.74) is 2.22. The van der Waals surface area contributed by atoms with Crippen LogP contribution in [-0.4, -0.2) is 26.3 Å². The third-order valence-electron chi connectivity index (χ3n) is 6.39. The zero-order chi connectivity index (χ0) is 26.1. The van der Waals surface area contributed by atoms with Crippen molar-refractivity contribution in [2.75, 3.05) is 0 Å². The summed E-state index contributed by atoms with van der Waals surface area (Å²) in [6.07, 6.45) is 19.7. The van der Waals surface area contributed by atoms with Crippen LogP contribution in [0.5, 0.6) is 11.5 Å². The molecule has 200 valence electrons. The number of hydrogen-bond acceptors (Lipinski definition) is 5. The van der Waals surface area contributed by atoms with Crippen molar-refractivity contribution in [2.45, 2.75) is 97.1 Å². The molecule has 6 nitrogen and oxygen atoms in total. The van der Waals surface area contributed by atoms with E-state index in [0.717, 1.165) is 28.8 Å². The van der Waals surface area contributed by atoms with Gasteiger partial charge in [-0.1, -0.05) is 98.7 Å². The Hall–Kier alpha value is -2.67. The van der Waals surface area contributed by atoms with E-state index in [-0.39, 0.29) is 5.75 Å². The summed E-state index contributed by atoms with van der Waals surface area (Å²) in [5.74, 6) is 0.697. The van der Waals surface area contributed by atoms with E-state index < -0.39 is 0 Å². The van der Waals surface area contributed by atoms with E-state index in [1.807, 2.05) is 41.2 Å². The number of benzene rings is 2. The highest BCUT2D eigenvalue weighted by Crippen LogP contribution is 2.24. The van der Waals surface area contributed by atoms with Gasteiger partial charge in [-0.05, 0) is 42.8 Å². The topological polar surface area (TPSA) is 72.5 Å². The van der Waals surface area contributed by atoms with Crippen molar-refractivity contribution in [2.24, 2.45) is 4.99 Å². The lowest BCUT2D eigenvalue weighted by Crippen LogP contribution is -1.99. The van der Waals surface area contributed by atoms with Gasteiger partial charge in [-0.2, -0.15) is 0 Å². The fourth-order valence-corrected chi connectivity index (χ4v) is 4.44. The average molecular weight is 570 g/mol. The summed E-state index contributed by atoms with van der Waals surface area (Å²) in [5, 5.41) is 18.8. The van der Waals surface area contributed by atoms with Crippen LogP contribution in [0.3, 0.4) is 0 Å². The monoisotopic (exact) mass is 568 g/mol. The van der Waals surface area contributed by atoms with E-state index in [4.69, 9.17) is 4.74 Å². The Bertz CT molecular complexity index is 1070. The lowest BCUT2D eigenvalue weighted by Gasteiger charge is -2.06. The normalized spacial score (nSPS) is 11.4. The minimum atomic E-state index is 0.119. The Morgan fingerprint density at radius 2 is 1.54 bits per heavy atom. The summed E-state index contributed by atoms with van der Waals surface area (Å²) in [6.45, 7) is 3.47. The van der Waals surface area contributed by atoms with Gasteiger partial charge in [-0.25, -0.2) is 0 Å². The number of aromatic hydroxyl groups is 1. The molecule has 0 radical (unpaired) electrons. The number of rotatable bonds is 18. The average Bonchev–Trinajstić information content (AvgIpc) is 3.36. The Morgan fingerprint density at radius 1 is 0.892 bits per heavy atom. The predicted molar refractivity (Wildman–Crippen MR) is 155 cm³/mol. The molecule has 0 aliphatic rings. The van der Waals surface area contributed by atoms with Crippen LogP contribution in [0.25, 0.3) is 0 Å². The van der Waals surface area contributed by atoms with E-state index in [1.165, 1.54) is 70.6 Å². The second-order valence-corrected chi connectivity index (χ2v) is 10.5. The van der Waals surface area contributed by atoms with E-state index in [2.05, 4.69) is 38.2 Å². The largest absolute Gasteiger partial charge is 0.507 e. The van der Waals surface area contributed by atoms with Crippen molar-refractivity contribution in [3.8, 4) is 11.5 Å². The van der Waals surface area contributed by atoms with Crippen LogP contribution in [0.15, 0.2) is 58.1 Å². The van der Waals surface area contributed by atoms with Crippen molar-refractivity contribution < 1.29 is 9.84 Å². The molecule has 3 rings (SSSR count). The second-order valence-electron chi connectivity index (χ2n) is 9.61. The number of halogens is 1. The molecule has 0 unspecified atom stereocenters. The van der Waals surface area contributed by atoms with Gasteiger partial charge in [0.25, 0.3) is 0 Å². The van der Waals surface area contributed by atoms with Crippen LogP contribution in [0.4, 0.5) is 5.69 Å². The smallest absolute Gasteiger partial charge is 0.134 e. The molecular weight excluding hydrogens is 528 g/mol. The van der Waals surface area contributed by atoms with Gasteiger partial charge in [-0.15, -0.1) is 5.10 Å². The fourth-order valence-electron chi connectivity index (χ4n) is 4.18. The molecule has 0 amide bonds. The molecule has 0 bridgehead atoms. The number of aryl methyl sites for hydroxylation is 1. The quantitative estimate of drug-likeness (QED) is 0.123. The number of phenolic OH excluding ortho intramolecular Hbond substituents is 1. The van der Waals surface area contributed by atoms with Gasteiger partial charge in [0, 0.05) is 28.9 Å². The maximum atomic E-state index is 10.3. The standard InChI is InChI=1S/C30H41BrN4O2/c1-2-3-4-5-6-7-8-9-10-11-12-13-20-35-23-28(33-34-35)24-37-29-19-14-25(30(36)21-29)22-32-27-17-15-26(31)16-18-27/h14-19,21-23,36H,2-13,20,24H2,1H3. The SMILES string of the molecule is CCCCCCCCCCCCCCn1cc(COc2ccc(C=Nc3ccc(Br)cc3)c(O)c2)nn1. The van der Waals surface area contributed by atoms with E-state index in [0.29, 0.717) is 17.9 Å². The zero-order valence-electron chi connectivity index (χ0n) is 22.1. The molecule has 0 fully saturated rings. The molecule has 7 heteroatoms. The third kappa shape index (κ3) is 11.5. The van der Waals surface area contributed by atoms with Gasteiger partial charge in [0.1, 0.15) is 23.8 Å². The number of aromatic nitrogens is 3. The summed E-state index contributed by atoms with van der Waals surface area (Å²) in [4.78, 5) is 4.40. The van der Waals surface area contributed by atoms with Crippen LogP contribution in [-0.2, 0) is 13.2 Å². The molecule has 0 aliphatic carbocycles. The number of nitrogens with zero attached hydrogens (tertiary/aromatic N) is 4. The van der Waals surface area contributed by atoms with Crippen molar-refractivity contribution in [1.29, 1.82) is 0 Å². The number of ether oxygens (including phenoxy) is 1. The third-order valence-corrected chi connectivity index (χ3v) is 6.92. The Kier molecular flexibility index (Phi) is 13.2. The lowest BCUT2D eigenvalue weighted by molar-refractivity contribution is 0.299. The summed E-state index contributed by atoms with van der Waals surface area (Å²) >= 11 is 3.41. The molecule has 0 saturated carbocycles. The maximum absolute atomic E-state index is 10.3. The number of hydrogen-bond donors (Lipinski definition) is 1. The van der Waals surface area contributed by atoms with Gasteiger partial charge in [0.2, 0.25) is 0 Å². The zero-order valence-corrected chi connectivity index (χ0v) is 23.7. The first-order valence-electron chi connectivity index (χ1n) is 13.8. The summed E-state index contributed by atoms with van der Waals surface area (Å²) < 4.78 is 8.71. The number of aliphatic imine (C=N–C) groups is 1. The molecular formula is C30H41BrN4O2. The Morgan fingerprint density at radius 3 is 2.19 bits per heavy atom. The van der Waals surface area contributed by atoms with E-state index >= 15 is 0 Å². The maximum Gasteiger partial charge on any atom is 0.134 e. The molecule has 1 aromatic heterocycles. The minimum Gasteiger partial charge on any atom is -0.507 e. The van der Waals surface area contributed by atoms with E-state index in [9.17, 15) is 5.11 Å². The summed E-state index contributed by atoms with van der Waals surface area (Å²) in [6, 6.07) is 12.9. The highest BCUT2D eigenvalue weighted by atomic mass is 79.9. The van der Waals surface area contributed by atoms with Crippen LogP contribution in [0, 0.1) is 0 Å². The van der Waals surface area contributed by atoms with Crippen LogP contribution < -0.4 is 4.74 Å². The van der Waals surface area contributed by atoms with Gasteiger partial charge in [-0.3, -0.25) is 9.67 Å². The number of phenols is 1. The molecule has 0 aliphatic heterocycles.